The molecular weight excluding hydrogens is 911 g/mol. The van der Waals surface area contributed by atoms with Crippen LogP contribution in [-0.4, -0.2) is 84.5 Å². The van der Waals surface area contributed by atoms with Crippen LogP contribution in [0, 0.1) is 13.8 Å². The Kier molecular flexibility index (Phi) is 15.8. The molecule has 2 aliphatic heterocycles. The number of hydrogen-bond acceptors (Lipinski definition) is 13. The van der Waals surface area contributed by atoms with E-state index in [2.05, 4.69) is 51.9 Å². The number of piperidine rings is 1. The summed E-state index contributed by atoms with van der Waals surface area (Å²) in [5.41, 5.74) is 8.51. The van der Waals surface area contributed by atoms with E-state index in [9.17, 15) is 37.2 Å². The number of benzene rings is 3. The average molecular weight is 961 g/mol. The number of nitrogens with one attached hydrogen (secondary N) is 5. The quantitative estimate of drug-likeness (QED) is 0.0424. The molecule has 1 atom stereocenters. The molecule has 1 aromatic heterocycles. The summed E-state index contributed by atoms with van der Waals surface area (Å²) in [6.45, 7) is 3.97. The van der Waals surface area contributed by atoms with Gasteiger partial charge in [-0.15, -0.1) is 0 Å². The number of amides is 6. The fraction of sp³-hybridized carbons (Fsp3) is 0.364. The Labute approximate surface area is 379 Å². The minimum Gasteiger partial charge on any atom is -0.483 e. The summed E-state index contributed by atoms with van der Waals surface area (Å²) in [6, 6.07) is 13.4. The molecule has 0 spiro atoms. The number of hydrogen-bond donors (Lipinski definition) is 6. The van der Waals surface area contributed by atoms with Crippen molar-refractivity contribution in [3.05, 3.63) is 93.1 Å². The average Bonchev–Trinajstić information content (AvgIpc) is 3.50. The largest absolute Gasteiger partial charge is 0.483 e. The van der Waals surface area contributed by atoms with Crippen LogP contribution in [-0.2, 0) is 24.4 Å². The summed E-state index contributed by atoms with van der Waals surface area (Å²) in [5.74, 6) is -2.77. The van der Waals surface area contributed by atoms with Crippen LogP contribution in [0.2, 0.25) is 0 Å². The number of carbonyl (C=O) groups excluding carboxylic acids is 6. The highest BCUT2D eigenvalue weighted by Crippen LogP contribution is 2.34. The lowest BCUT2D eigenvalue weighted by Crippen LogP contribution is -2.54. The zero-order valence-corrected chi connectivity index (χ0v) is 37.8. The number of anilines is 4. The molecule has 338 valence electrons. The zero-order valence-electron chi connectivity index (χ0n) is 35.4. The molecule has 6 rings (SSSR count). The maximum absolute atomic E-state index is 13.2. The highest BCUT2D eigenvalue weighted by atomic mass is 79.9. The van der Waals surface area contributed by atoms with Crippen LogP contribution < -0.4 is 36.5 Å². The van der Waals surface area contributed by atoms with Crippen LogP contribution in [0.25, 0.3) is 0 Å². The van der Waals surface area contributed by atoms with Gasteiger partial charge < -0.3 is 26.4 Å². The van der Waals surface area contributed by atoms with Gasteiger partial charge in [-0.3, -0.25) is 39.0 Å². The lowest BCUT2D eigenvalue weighted by Gasteiger charge is -2.27. The van der Waals surface area contributed by atoms with E-state index in [-0.39, 0.29) is 53.1 Å². The molecule has 0 bridgehead atoms. The van der Waals surface area contributed by atoms with Gasteiger partial charge in [0, 0.05) is 31.4 Å². The summed E-state index contributed by atoms with van der Waals surface area (Å²) >= 11 is 3.44. The number of halogens is 1. The van der Waals surface area contributed by atoms with E-state index < -0.39 is 45.6 Å². The summed E-state index contributed by atoms with van der Waals surface area (Å²) in [6.07, 6.45) is 8.81. The van der Waals surface area contributed by atoms with E-state index in [0.29, 0.717) is 52.3 Å². The number of primary amides is 1. The van der Waals surface area contributed by atoms with E-state index >= 15 is 0 Å². The van der Waals surface area contributed by atoms with Crippen molar-refractivity contribution in [3.63, 3.8) is 0 Å². The highest BCUT2D eigenvalue weighted by Gasteiger charge is 2.46. The summed E-state index contributed by atoms with van der Waals surface area (Å²) in [5, 5.41) is 11.2. The molecule has 3 heterocycles. The Bertz CT molecular complexity index is 2570. The maximum atomic E-state index is 13.2. The molecule has 0 aliphatic carbocycles. The van der Waals surface area contributed by atoms with Crippen molar-refractivity contribution in [2.24, 2.45) is 5.73 Å². The molecule has 4 aromatic rings. The molecule has 20 heteroatoms. The number of rotatable bonds is 22. The first-order chi connectivity index (χ1) is 30.6. The molecule has 7 N–H and O–H groups in total. The minimum atomic E-state index is -3.73. The number of unbranched alkanes of at least 4 members (excludes halogenated alkanes) is 7. The molecular formula is C44H50BrN9O9S. The molecule has 2 aliphatic rings. The second-order valence-corrected chi connectivity index (χ2v) is 18.1. The Balaban J connectivity index is 0.835. The Morgan fingerprint density at radius 2 is 1.58 bits per heavy atom. The number of imide groups is 2. The number of aryl methyl sites for hydroxylation is 2. The predicted octanol–water partition coefficient (Wildman–Crippen LogP) is 5.44. The maximum Gasteiger partial charge on any atom is 0.266 e. The first kappa shape index (κ1) is 47.2. The van der Waals surface area contributed by atoms with Gasteiger partial charge in [-0.1, -0.05) is 56.7 Å². The smallest absolute Gasteiger partial charge is 0.266 e. The van der Waals surface area contributed by atoms with Crippen LogP contribution in [0.1, 0.15) is 106 Å². The van der Waals surface area contributed by atoms with Gasteiger partial charge >= 0.3 is 0 Å². The van der Waals surface area contributed by atoms with Gasteiger partial charge in [0.15, 0.2) is 6.61 Å². The highest BCUT2D eigenvalue weighted by molar-refractivity contribution is 9.10. The third-order valence-corrected chi connectivity index (χ3v) is 12.8. The molecule has 18 nitrogen and oxygen atoms in total. The number of fused-ring (bicyclic) bond motifs is 1. The number of carbonyl (C=O) groups is 6. The first-order valence-corrected chi connectivity index (χ1v) is 23.2. The molecule has 1 fully saturated rings. The Morgan fingerprint density at radius 1 is 0.875 bits per heavy atom. The van der Waals surface area contributed by atoms with E-state index in [1.807, 2.05) is 0 Å². The number of nitrogens with zero attached hydrogens (tertiary/aromatic N) is 3. The third kappa shape index (κ3) is 11.7. The van der Waals surface area contributed by atoms with Gasteiger partial charge in [0.05, 0.1) is 31.7 Å². The molecule has 64 heavy (non-hydrogen) atoms. The van der Waals surface area contributed by atoms with Crippen LogP contribution in [0.3, 0.4) is 0 Å². The predicted molar refractivity (Wildman–Crippen MR) is 241 cm³/mol. The first-order valence-electron chi connectivity index (χ1n) is 20.9. The van der Waals surface area contributed by atoms with E-state index in [1.165, 1.54) is 24.3 Å². The number of sulfonamides is 1. The molecule has 1 saturated heterocycles. The summed E-state index contributed by atoms with van der Waals surface area (Å²) in [7, 11) is -3.73. The zero-order chi connectivity index (χ0) is 46.0. The van der Waals surface area contributed by atoms with Crippen molar-refractivity contribution in [1.82, 2.24) is 30.2 Å². The lowest BCUT2D eigenvalue weighted by atomic mass is 10.0. The van der Waals surface area contributed by atoms with Gasteiger partial charge in [0.25, 0.3) is 23.6 Å². The van der Waals surface area contributed by atoms with Crippen molar-refractivity contribution in [2.75, 3.05) is 30.3 Å². The molecule has 1 unspecified atom stereocenters. The van der Waals surface area contributed by atoms with Crippen LogP contribution >= 0.6 is 15.9 Å². The number of ether oxygens (including phenoxy) is 1. The summed E-state index contributed by atoms with van der Waals surface area (Å²) in [4.78, 5) is 84.6. The second-order valence-electron chi connectivity index (χ2n) is 15.5. The fourth-order valence-electron chi connectivity index (χ4n) is 7.43. The van der Waals surface area contributed by atoms with Crippen molar-refractivity contribution >= 4 is 84.5 Å². The SMILES string of the molecule is Cc1cc(S(=O)(=O)NCCCCCCCCCCNC(=O)COc2cccc3c2C(=O)N(C2CCC(=O)NC2=O)C3=O)ccc1Nc1ncc(Br)c(Nc2cccc(C)c2C(N)=O)n1. The van der Waals surface area contributed by atoms with E-state index in [0.717, 1.165) is 55.4 Å². The lowest BCUT2D eigenvalue weighted by molar-refractivity contribution is -0.136. The van der Waals surface area contributed by atoms with Crippen molar-refractivity contribution in [2.45, 2.75) is 89.0 Å². The van der Waals surface area contributed by atoms with Gasteiger partial charge in [-0.25, -0.2) is 18.1 Å². The Hall–Kier alpha value is -6.25. The van der Waals surface area contributed by atoms with Crippen LogP contribution in [0.15, 0.2) is 70.2 Å². The van der Waals surface area contributed by atoms with Crippen LogP contribution in [0.5, 0.6) is 5.75 Å². The molecule has 6 amide bonds. The van der Waals surface area contributed by atoms with Crippen molar-refractivity contribution < 1.29 is 41.9 Å². The monoisotopic (exact) mass is 959 g/mol. The molecule has 3 aromatic carbocycles. The normalized spacial score (nSPS) is 14.9. The van der Waals surface area contributed by atoms with Gasteiger partial charge in [-0.2, -0.15) is 4.98 Å². The Morgan fingerprint density at radius 3 is 2.28 bits per heavy atom. The standard InChI is InChI=1S/C44H50BrN9O9S/c1-26-13-11-15-32(37(26)39(46)57)50-40-30(45)24-48-44(53-40)51-31-18-17-28(23-27(31)2)64(61,62)49-22-10-8-6-4-3-5-7-9-21-47-36(56)25-63-34-16-12-14-29-38(34)43(60)54(42(29)59)33-19-20-35(55)52-41(33)58/h11-18,23-24,33,49H,3-10,19-22,25H2,1-2H3,(H2,46,57)(H,47,56)(H,52,55,58)(H2,48,50,51,53). The summed E-state index contributed by atoms with van der Waals surface area (Å²) < 4.78 is 35.0. The minimum absolute atomic E-state index is 0.00896. The van der Waals surface area contributed by atoms with Gasteiger partial charge in [-0.05, 0) is 96.6 Å². The second kappa shape index (κ2) is 21.4. The number of aromatic nitrogens is 2. The van der Waals surface area contributed by atoms with E-state index in [4.69, 9.17) is 10.5 Å². The van der Waals surface area contributed by atoms with Crippen molar-refractivity contribution in [1.29, 1.82) is 0 Å². The van der Waals surface area contributed by atoms with Gasteiger partial charge in [0.1, 0.15) is 17.6 Å². The van der Waals surface area contributed by atoms with Crippen LogP contribution in [0.4, 0.5) is 23.1 Å². The topological polar surface area (TPSA) is 261 Å². The third-order valence-electron chi connectivity index (χ3n) is 10.8. The molecule has 0 radical (unpaired) electrons. The molecule has 0 saturated carbocycles. The van der Waals surface area contributed by atoms with Crippen molar-refractivity contribution in [3.8, 4) is 5.75 Å². The fourth-order valence-corrected chi connectivity index (χ4v) is 8.88. The van der Waals surface area contributed by atoms with Gasteiger partial charge in [0.2, 0.25) is 27.8 Å². The number of nitrogens with two attached hydrogens (primary N) is 1. The van der Waals surface area contributed by atoms with E-state index in [1.54, 1.807) is 50.4 Å².